The van der Waals surface area contributed by atoms with E-state index in [0.717, 1.165) is 5.69 Å². The smallest absolute Gasteiger partial charge is 0.269 e. The molecule has 0 atom stereocenters. The Morgan fingerprint density at radius 2 is 1.65 bits per heavy atom. The van der Waals surface area contributed by atoms with Crippen LogP contribution in [0, 0.1) is 10.1 Å². The summed E-state index contributed by atoms with van der Waals surface area (Å²) in [6.07, 6.45) is 1.83. The number of carbonyl (C=O) groups is 1. The van der Waals surface area contributed by atoms with Crippen LogP contribution < -0.4 is 14.8 Å². The second-order valence-electron chi connectivity index (χ2n) is 7.41. The van der Waals surface area contributed by atoms with E-state index in [1.807, 2.05) is 30.3 Å². The molecule has 0 spiro atoms. The summed E-state index contributed by atoms with van der Waals surface area (Å²) in [5.41, 5.74) is 3.26. The zero-order valence-corrected chi connectivity index (χ0v) is 18.6. The van der Waals surface area contributed by atoms with E-state index in [0.29, 0.717) is 34.0 Å². The van der Waals surface area contributed by atoms with Crippen molar-refractivity contribution in [1.29, 1.82) is 0 Å². The Kier molecular flexibility index (Phi) is 6.54. The number of rotatable bonds is 8. The maximum atomic E-state index is 12.9. The number of aromatic nitrogens is 2. The van der Waals surface area contributed by atoms with Gasteiger partial charge in [0.05, 0.1) is 36.9 Å². The van der Waals surface area contributed by atoms with Crippen LogP contribution in [0.4, 0.5) is 11.4 Å². The van der Waals surface area contributed by atoms with Crippen LogP contribution in [-0.4, -0.2) is 34.8 Å². The number of nitrogens with zero attached hydrogens (tertiary/aromatic N) is 3. The first-order chi connectivity index (χ1) is 16.5. The molecule has 4 rings (SSSR count). The predicted octanol–water partition coefficient (Wildman–Crippen LogP) is 4.65. The Hall–Kier alpha value is -4.66. The van der Waals surface area contributed by atoms with E-state index in [-0.39, 0.29) is 18.0 Å². The van der Waals surface area contributed by atoms with Gasteiger partial charge in [-0.1, -0.05) is 18.2 Å². The van der Waals surface area contributed by atoms with Gasteiger partial charge >= 0.3 is 0 Å². The Bertz CT molecular complexity index is 1290. The van der Waals surface area contributed by atoms with E-state index >= 15 is 0 Å². The lowest BCUT2D eigenvalue weighted by Crippen LogP contribution is -2.14. The summed E-state index contributed by atoms with van der Waals surface area (Å²) >= 11 is 0. The van der Waals surface area contributed by atoms with E-state index in [4.69, 9.17) is 9.47 Å². The number of amides is 1. The fourth-order valence-electron chi connectivity index (χ4n) is 3.49. The molecule has 0 fully saturated rings. The quantitative estimate of drug-likeness (QED) is 0.304. The van der Waals surface area contributed by atoms with Gasteiger partial charge in [-0.25, -0.2) is 4.68 Å². The van der Waals surface area contributed by atoms with Crippen molar-refractivity contribution in [2.75, 3.05) is 19.5 Å². The second kappa shape index (κ2) is 9.86. The third kappa shape index (κ3) is 5.04. The maximum Gasteiger partial charge on any atom is 0.269 e. The highest BCUT2D eigenvalue weighted by atomic mass is 16.6. The standard InChI is InChI=1S/C25H22N4O5/c1-33-22-13-19(14-23(15-22)34-2)26-24(30)12-18-16-28(20-6-4-3-5-7-20)27-25(18)17-8-10-21(11-9-17)29(31)32/h3-11,13-16H,12H2,1-2H3,(H,26,30). The number of carbonyl (C=O) groups excluding carboxylic acids is 1. The van der Waals surface area contributed by atoms with Crippen molar-refractivity contribution in [1.82, 2.24) is 9.78 Å². The summed E-state index contributed by atoms with van der Waals surface area (Å²) in [5.74, 6) is 0.849. The average Bonchev–Trinajstić information content (AvgIpc) is 3.27. The Morgan fingerprint density at radius 1 is 1.00 bits per heavy atom. The van der Waals surface area contributed by atoms with Crippen LogP contribution in [0.5, 0.6) is 11.5 Å². The number of hydrogen-bond acceptors (Lipinski definition) is 6. The van der Waals surface area contributed by atoms with Crippen LogP contribution >= 0.6 is 0 Å². The van der Waals surface area contributed by atoms with E-state index in [2.05, 4.69) is 10.4 Å². The summed E-state index contributed by atoms with van der Waals surface area (Å²) in [6.45, 7) is 0. The number of non-ortho nitro benzene ring substituents is 1. The molecule has 9 nitrogen and oxygen atoms in total. The number of nitro groups is 1. The number of methoxy groups -OCH3 is 2. The minimum Gasteiger partial charge on any atom is -0.497 e. The summed E-state index contributed by atoms with van der Waals surface area (Å²) in [4.78, 5) is 23.5. The van der Waals surface area contributed by atoms with Crippen molar-refractivity contribution in [2.45, 2.75) is 6.42 Å². The SMILES string of the molecule is COc1cc(NC(=O)Cc2cn(-c3ccccc3)nc2-c2ccc([N+](=O)[O-])cc2)cc(OC)c1. The van der Waals surface area contributed by atoms with Crippen LogP contribution in [0.1, 0.15) is 5.56 Å². The molecule has 0 saturated heterocycles. The fraction of sp³-hybridized carbons (Fsp3) is 0.120. The van der Waals surface area contributed by atoms with E-state index in [1.165, 1.54) is 26.4 Å². The molecule has 0 radical (unpaired) electrons. The Balaban J connectivity index is 1.65. The highest BCUT2D eigenvalue weighted by molar-refractivity contribution is 5.93. The number of nitro benzene ring substituents is 1. The maximum absolute atomic E-state index is 12.9. The molecule has 0 unspecified atom stereocenters. The number of benzene rings is 3. The van der Waals surface area contributed by atoms with Crippen molar-refractivity contribution in [2.24, 2.45) is 0 Å². The fourth-order valence-corrected chi connectivity index (χ4v) is 3.49. The molecular weight excluding hydrogens is 436 g/mol. The third-order valence-electron chi connectivity index (χ3n) is 5.15. The van der Waals surface area contributed by atoms with Crippen LogP contribution in [0.2, 0.25) is 0 Å². The normalized spacial score (nSPS) is 10.5. The molecule has 0 aliphatic rings. The van der Waals surface area contributed by atoms with Crippen LogP contribution in [0.3, 0.4) is 0 Å². The Morgan fingerprint density at radius 3 is 2.24 bits per heavy atom. The molecule has 0 saturated carbocycles. The first-order valence-corrected chi connectivity index (χ1v) is 10.4. The number of anilines is 1. The van der Waals surface area contributed by atoms with Crippen LogP contribution in [-0.2, 0) is 11.2 Å². The predicted molar refractivity (Wildman–Crippen MR) is 128 cm³/mol. The lowest BCUT2D eigenvalue weighted by Gasteiger charge is -2.10. The molecular formula is C25H22N4O5. The van der Waals surface area contributed by atoms with Crippen molar-refractivity contribution >= 4 is 17.3 Å². The van der Waals surface area contributed by atoms with Gasteiger partial charge in [-0.05, 0) is 24.3 Å². The molecule has 172 valence electrons. The van der Waals surface area contributed by atoms with Crippen LogP contribution in [0.25, 0.3) is 16.9 Å². The van der Waals surface area contributed by atoms with Crippen molar-refractivity contribution < 1.29 is 19.2 Å². The van der Waals surface area contributed by atoms with Gasteiger partial charge in [0, 0.05) is 53.3 Å². The molecule has 1 N–H and O–H groups in total. The molecule has 1 heterocycles. The minimum atomic E-state index is -0.455. The lowest BCUT2D eigenvalue weighted by molar-refractivity contribution is -0.384. The molecule has 1 amide bonds. The zero-order chi connectivity index (χ0) is 24.1. The molecule has 4 aromatic rings. The van der Waals surface area contributed by atoms with Gasteiger partial charge in [-0.2, -0.15) is 5.10 Å². The molecule has 0 bridgehead atoms. The van der Waals surface area contributed by atoms with Gasteiger partial charge in [0.15, 0.2) is 0 Å². The average molecular weight is 458 g/mol. The largest absolute Gasteiger partial charge is 0.497 e. The molecule has 34 heavy (non-hydrogen) atoms. The molecule has 3 aromatic carbocycles. The first kappa shape index (κ1) is 22.5. The van der Waals surface area contributed by atoms with E-state index in [1.54, 1.807) is 41.2 Å². The number of para-hydroxylation sites is 1. The van der Waals surface area contributed by atoms with E-state index in [9.17, 15) is 14.9 Å². The topological polar surface area (TPSA) is 109 Å². The zero-order valence-electron chi connectivity index (χ0n) is 18.6. The molecule has 0 aliphatic heterocycles. The second-order valence-corrected chi connectivity index (χ2v) is 7.41. The number of hydrogen-bond donors (Lipinski definition) is 1. The van der Waals surface area contributed by atoms with Gasteiger partial charge < -0.3 is 14.8 Å². The lowest BCUT2D eigenvalue weighted by atomic mass is 10.1. The highest BCUT2D eigenvalue weighted by Gasteiger charge is 2.17. The number of nitrogens with one attached hydrogen (secondary N) is 1. The monoisotopic (exact) mass is 458 g/mol. The highest BCUT2D eigenvalue weighted by Crippen LogP contribution is 2.28. The minimum absolute atomic E-state index is 0.0162. The van der Waals surface area contributed by atoms with Gasteiger partial charge in [0.25, 0.3) is 5.69 Å². The summed E-state index contributed by atoms with van der Waals surface area (Å²) in [6, 6.07) is 20.7. The van der Waals surface area contributed by atoms with Crippen molar-refractivity contribution in [3.63, 3.8) is 0 Å². The van der Waals surface area contributed by atoms with E-state index < -0.39 is 4.92 Å². The molecule has 9 heteroatoms. The summed E-state index contributed by atoms with van der Waals surface area (Å²) in [7, 11) is 3.07. The van der Waals surface area contributed by atoms with Gasteiger partial charge in [0.1, 0.15) is 11.5 Å². The molecule has 1 aromatic heterocycles. The van der Waals surface area contributed by atoms with Gasteiger partial charge in [-0.3, -0.25) is 14.9 Å². The summed E-state index contributed by atoms with van der Waals surface area (Å²) in [5, 5.41) is 18.6. The third-order valence-corrected chi connectivity index (χ3v) is 5.15. The van der Waals surface area contributed by atoms with Crippen LogP contribution in [0.15, 0.2) is 79.0 Å². The van der Waals surface area contributed by atoms with Gasteiger partial charge in [0.2, 0.25) is 5.91 Å². The molecule has 0 aliphatic carbocycles. The number of ether oxygens (including phenoxy) is 2. The first-order valence-electron chi connectivity index (χ1n) is 10.4. The Labute approximate surface area is 195 Å². The van der Waals surface area contributed by atoms with Crippen molar-refractivity contribution in [3.05, 3.63) is 94.7 Å². The summed E-state index contributed by atoms with van der Waals surface area (Å²) < 4.78 is 12.2. The van der Waals surface area contributed by atoms with Gasteiger partial charge in [-0.15, -0.1) is 0 Å². The van der Waals surface area contributed by atoms with Crippen molar-refractivity contribution in [3.8, 4) is 28.4 Å².